The van der Waals surface area contributed by atoms with E-state index in [9.17, 15) is 18.0 Å². The molecule has 1 unspecified atom stereocenters. The number of carbonyl (C=O) groups is 1. The first-order chi connectivity index (χ1) is 8.68. The summed E-state index contributed by atoms with van der Waals surface area (Å²) in [5.74, 6) is -0.301. The van der Waals surface area contributed by atoms with Crippen LogP contribution in [0.3, 0.4) is 0 Å². The normalized spacial score (nSPS) is 13.2. The summed E-state index contributed by atoms with van der Waals surface area (Å²) < 4.78 is 38.2. The number of alkyl halides is 4. The van der Waals surface area contributed by atoms with Crippen LogP contribution >= 0.6 is 27.5 Å². The predicted molar refractivity (Wildman–Crippen MR) is 71.4 cm³/mol. The summed E-state index contributed by atoms with van der Waals surface area (Å²) in [6.07, 6.45) is -4.48. The molecule has 1 aromatic rings. The number of amides is 1. The van der Waals surface area contributed by atoms with Gasteiger partial charge in [-0.05, 0) is 41.1 Å². The van der Waals surface area contributed by atoms with Crippen molar-refractivity contribution in [3.63, 3.8) is 0 Å². The minimum absolute atomic E-state index is 0.0331. The first kappa shape index (κ1) is 16.3. The van der Waals surface area contributed by atoms with E-state index in [0.717, 1.165) is 12.1 Å². The van der Waals surface area contributed by atoms with Crippen molar-refractivity contribution in [2.45, 2.75) is 19.1 Å². The Kier molecular flexibility index (Phi) is 5.26. The van der Waals surface area contributed by atoms with E-state index in [1.807, 2.05) is 0 Å². The maximum absolute atomic E-state index is 12.6. The van der Waals surface area contributed by atoms with Gasteiger partial charge >= 0.3 is 6.18 Å². The third-order valence-corrected chi connectivity index (χ3v) is 3.87. The molecular formula is C12H12BrClF3NO. The molecule has 0 heterocycles. The monoisotopic (exact) mass is 357 g/mol. The molecule has 0 radical (unpaired) electrons. The van der Waals surface area contributed by atoms with Crippen molar-refractivity contribution in [2.75, 3.05) is 12.9 Å². The molecule has 106 valence electrons. The van der Waals surface area contributed by atoms with Gasteiger partial charge in [0.25, 0.3) is 5.91 Å². The van der Waals surface area contributed by atoms with Gasteiger partial charge in [-0.15, -0.1) is 11.6 Å². The minimum Gasteiger partial charge on any atom is -0.338 e. The molecule has 0 N–H and O–H groups in total. The standard InChI is InChI=1S/C12H12BrClF3NO/c1-7(6-14)18(2)11(19)9-5-8(12(15,16)17)3-4-10(9)13/h3-5,7H,6H2,1-2H3. The Hall–Kier alpha value is -0.750. The largest absolute Gasteiger partial charge is 0.416 e. The molecule has 0 aliphatic heterocycles. The van der Waals surface area contributed by atoms with Crippen molar-refractivity contribution in [3.05, 3.63) is 33.8 Å². The molecule has 0 saturated heterocycles. The Morgan fingerprint density at radius 3 is 2.53 bits per heavy atom. The highest BCUT2D eigenvalue weighted by Gasteiger charge is 2.32. The lowest BCUT2D eigenvalue weighted by Crippen LogP contribution is -2.36. The molecule has 19 heavy (non-hydrogen) atoms. The SMILES string of the molecule is CC(CCl)N(C)C(=O)c1cc(C(F)(F)F)ccc1Br. The number of hydrogen-bond donors (Lipinski definition) is 0. The van der Waals surface area contributed by atoms with Gasteiger partial charge in [0, 0.05) is 23.4 Å². The van der Waals surface area contributed by atoms with Gasteiger partial charge in [0.05, 0.1) is 11.1 Å². The van der Waals surface area contributed by atoms with Gasteiger partial charge in [-0.25, -0.2) is 0 Å². The zero-order valence-electron chi connectivity index (χ0n) is 10.3. The van der Waals surface area contributed by atoms with E-state index < -0.39 is 17.6 Å². The van der Waals surface area contributed by atoms with E-state index in [0.29, 0.717) is 4.47 Å². The van der Waals surface area contributed by atoms with Crippen LogP contribution in [0.25, 0.3) is 0 Å². The number of halogens is 5. The molecule has 0 saturated carbocycles. The van der Waals surface area contributed by atoms with Crippen LogP contribution in [-0.2, 0) is 6.18 Å². The maximum atomic E-state index is 12.6. The third-order valence-electron chi connectivity index (χ3n) is 2.73. The van der Waals surface area contributed by atoms with Gasteiger partial charge in [-0.1, -0.05) is 0 Å². The van der Waals surface area contributed by atoms with Crippen molar-refractivity contribution in [2.24, 2.45) is 0 Å². The lowest BCUT2D eigenvalue weighted by Gasteiger charge is -2.24. The smallest absolute Gasteiger partial charge is 0.338 e. The molecule has 1 rings (SSSR count). The Labute approximate surface area is 122 Å². The topological polar surface area (TPSA) is 20.3 Å². The van der Waals surface area contributed by atoms with Crippen molar-refractivity contribution in [1.82, 2.24) is 4.90 Å². The van der Waals surface area contributed by atoms with E-state index in [4.69, 9.17) is 11.6 Å². The van der Waals surface area contributed by atoms with Gasteiger partial charge in [-0.3, -0.25) is 4.79 Å². The maximum Gasteiger partial charge on any atom is 0.416 e. The van der Waals surface area contributed by atoms with E-state index in [1.54, 1.807) is 6.92 Å². The van der Waals surface area contributed by atoms with Crippen LogP contribution < -0.4 is 0 Å². The van der Waals surface area contributed by atoms with Gasteiger partial charge in [-0.2, -0.15) is 13.2 Å². The Morgan fingerprint density at radius 1 is 1.47 bits per heavy atom. The Morgan fingerprint density at radius 2 is 2.05 bits per heavy atom. The summed E-state index contributed by atoms with van der Waals surface area (Å²) in [4.78, 5) is 13.4. The molecule has 0 spiro atoms. The molecule has 0 aliphatic carbocycles. The van der Waals surface area contributed by atoms with Crippen molar-refractivity contribution >= 4 is 33.4 Å². The van der Waals surface area contributed by atoms with E-state index in [2.05, 4.69) is 15.9 Å². The van der Waals surface area contributed by atoms with Crippen LogP contribution in [0, 0.1) is 0 Å². The molecule has 0 fully saturated rings. The fourth-order valence-corrected chi connectivity index (χ4v) is 1.98. The highest BCUT2D eigenvalue weighted by Crippen LogP contribution is 2.32. The average molecular weight is 359 g/mol. The zero-order chi connectivity index (χ0) is 14.8. The lowest BCUT2D eigenvalue weighted by molar-refractivity contribution is -0.137. The fourth-order valence-electron chi connectivity index (χ4n) is 1.36. The van der Waals surface area contributed by atoms with Gasteiger partial charge < -0.3 is 4.90 Å². The van der Waals surface area contributed by atoms with Crippen LogP contribution in [-0.4, -0.2) is 29.8 Å². The highest BCUT2D eigenvalue weighted by molar-refractivity contribution is 9.10. The lowest BCUT2D eigenvalue weighted by atomic mass is 10.1. The molecule has 1 atom stereocenters. The summed E-state index contributed by atoms with van der Waals surface area (Å²) >= 11 is 8.73. The average Bonchev–Trinajstić information content (AvgIpc) is 2.35. The third kappa shape index (κ3) is 3.86. The first-order valence-electron chi connectivity index (χ1n) is 5.38. The second-order valence-electron chi connectivity index (χ2n) is 4.11. The second-order valence-corrected chi connectivity index (χ2v) is 5.27. The summed E-state index contributed by atoms with van der Waals surface area (Å²) in [7, 11) is 1.50. The Bertz CT molecular complexity index is 479. The summed E-state index contributed by atoms with van der Waals surface area (Å²) in [5.41, 5.74) is -0.889. The molecule has 1 aromatic carbocycles. The first-order valence-corrected chi connectivity index (χ1v) is 6.71. The molecule has 2 nitrogen and oxygen atoms in total. The second kappa shape index (κ2) is 6.13. The molecule has 0 aromatic heterocycles. The predicted octanol–water partition coefficient (Wildman–Crippen LogP) is 4.17. The van der Waals surface area contributed by atoms with E-state index in [-0.39, 0.29) is 17.5 Å². The van der Waals surface area contributed by atoms with Gasteiger partial charge in [0.2, 0.25) is 0 Å². The number of carbonyl (C=O) groups excluding carboxylic acids is 1. The Balaban J connectivity index is 3.16. The van der Waals surface area contributed by atoms with Crippen LogP contribution in [0.5, 0.6) is 0 Å². The minimum atomic E-state index is -4.48. The number of benzene rings is 1. The highest BCUT2D eigenvalue weighted by atomic mass is 79.9. The summed E-state index contributed by atoms with van der Waals surface area (Å²) in [5, 5.41) is 0. The molecule has 1 amide bonds. The van der Waals surface area contributed by atoms with Crippen LogP contribution in [0.1, 0.15) is 22.8 Å². The quantitative estimate of drug-likeness (QED) is 0.743. The molecular weight excluding hydrogens is 346 g/mol. The van der Waals surface area contributed by atoms with Crippen molar-refractivity contribution in [3.8, 4) is 0 Å². The van der Waals surface area contributed by atoms with E-state index >= 15 is 0 Å². The van der Waals surface area contributed by atoms with Crippen LogP contribution in [0.4, 0.5) is 13.2 Å². The van der Waals surface area contributed by atoms with Gasteiger partial charge in [0.1, 0.15) is 0 Å². The zero-order valence-corrected chi connectivity index (χ0v) is 12.6. The molecule has 7 heteroatoms. The van der Waals surface area contributed by atoms with Crippen LogP contribution in [0.2, 0.25) is 0 Å². The summed E-state index contributed by atoms with van der Waals surface area (Å²) in [6, 6.07) is 2.71. The number of nitrogens with zero attached hydrogens (tertiary/aromatic N) is 1. The van der Waals surface area contributed by atoms with Crippen LogP contribution in [0.15, 0.2) is 22.7 Å². The summed E-state index contributed by atoms with van der Waals surface area (Å²) in [6.45, 7) is 1.71. The fraction of sp³-hybridized carbons (Fsp3) is 0.417. The van der Waals surface area contributed by atoms with E-state index in [1.165, 1.54) is 18.0 Å². The van der Waals surface area contributed by atoms with Crippen molar-refractivity contribution in [1.29, 1.82) is 0 Å². The number of hydrogen-bond acceptors (Lipinski definition) is 1. The molecule has 0 aliphatic rings. The van der Waals surface area contributed by atoms with Gasteiger partial charge in [0.15, 0.2) is 0 Å². The molecule has 0 bridgehead atoms. The number of rotatable bonds is 3. The van der Waals surface area contributed by atoms with Crippen molar-refractivity contribution < 1.29 is 18.0 Å².